The van der Waals surface area contributed by atoms with Crippen LogP contribution in [0.25, 0.3) is 0 Å². The Bertz CT molecular complexity index is 404. The summed E-state index contributed by atoms with van der Waals surface area (Å²) in [5.41, 5.74) is 1.15. The number of hydrogen-bond donors (Lipinski definition) is 1. The molecule has 1 aromatic heterocycles. The molecule has 0 spiro atoms. The van der Waals surface area contributed by atoms with Gasteiger partial charge in [0.2, 0.25) is 0 Å². The Kier molecular flexibility index (Phi) is 3.37. The molecule has 1 N–H and O–H groups in total. The van der Waals surface area contributed by atoms with Gasteiger partial charge in [-0.2, -0.15) is 0 Å². The summed E-state index contributed by atoms with van der Waals surface area (Å²) in [6.07, 6.45) is 5.80. The highest BCUT2D eigenvalue weighted by molar-refractivity contribution is 5.66. The zero-order valence-corrected chi connectivity index (χ0v) is 10.9. The summed E-state index contributed by atoms with van der Waals surface area (Å²) in [5, 5.41) is 3.61. The summed E-state index contributed by atoms with van der Waals surface area (Å²) >= 11 is 0. The second kappa shape index (κ2) is 5.14. The minimum atomic E-state index is 0.289. The van der Waals surface area contributed by atoms with Gasteiger partial charge in [-0.3, -0.25) is 0 Å². The van der Waals surface area contributed by atoms with E-state index in [9.17, 15) is 0 Å². The van der Waals surface area contributed by atoms with Gasteiger partial charge in [-0.05, 0) is 38.3 Å². The van der Waals surface area contributed by atoms with E-state index in [-0.39, 0.29) is 6.10 Å². The number of pyridine rings is 1. The van der Waals surface area contributed by atoms with E-state index in [0.717, 1.165) is 37.6 Å². The molecular formula is C14H21N3O. The summed E-state index contributed by atoms with van der Waals surface area (Å²) in [7, 11) is 0. The molecule has 2 saturated heterocycles. The van der Waals surface area contributed by atoms with Crippen LogP contribution in [0, 0.1) is 0 Å². The normalized spacial score (nSPS) is 27.7. The minimum absolute atomic E-state index is 0.289. The van der Waals surface area contributed by atoms with E-state index < -0.39 is 0 Å². The molecule has 0 radical (unpaired) electrons. The second-order valence-corrected chi connectivity index (χ2v) is 5.18. The first kappa shape index (κ1) is 11.8. The van der Waals surface area contributed by atoms with Gasteiger partial charge in [-0.1, -0.05) is 0 Å². The van der Waals surface area contributed by atoms with Crippen LogP contribution in [0.4, 0.5) is 11.5 Å². The molecule has 2 fully saturated rings. The second-order valence-electron chi connectivity index (χ2n) is 5.18. The largest absolute Gasteiger partial charge is 0.377 e. The number of hydrogen-bond acceptors (Lipinski definition) is 4. The highest BCUT2D eigenvalue weighted by Gasteiger charge is 2.26. The van der Waals surface area contributed by atoms with E-state index in [1.807, 2.05) is 12.3 Å². The Hall–Kier alpha value is -1.29. The van der Waals surface area contributed by atoms with Gasteiger partial charge in [-0.15, -0.1) is 0 Å². The Morgan fingerprint density at radius 1 is 1.39 bits per heavy atom. The molecule has 0 aromatic carbocycles. The van der Waals surface area contributed by atoms with Gasteiger partial charge in [0.05, 0.1) is 17.8 Å². The average molecular weight is 247 g/mol. The van der Waals surface area contributed by atoms with Crippen molar-refractivity contribution in [2.24, 2.45) is 0 Å². The van der Waals surface area contributed by atoms with Gasteiger partial charge in [0.25, 0.3) is 0 Å². The Morgan fingerprint density at radius 3 is 2.94 bits per heavy atom. The minimum Gasteiger partial charge on any atom is -0.377 e. The van der Waals surface area contributed by atoms with Crippen molar-refractivity contribution in [1.29, 1.82) is 0 Å². The quantitative estimate of drug-likeness (QED) is 0.889. The summed E-state index contributed by atoms with van der Waals surface area (Å²) < 4.78 is 5.61. The highest BCUT2D eigenvalue weighted by atomic mass is 16.5. The van der Waals surface area contributed by atoms with Crippen LogP contribution >= 0.6 is 0 Å². The van der Waals surface area contributed by atoms with E-state index in [4.69, 9.17) is 4.74 Å². The maximum atomic E-state index is 5.61. The fourth-order valence-electron chi connectivity index (χ4n) is 2.81. The third-order valence-electron chi connectivity index (χ3n) is 3.91. The molecule has 3 heterocycles. The average Bonchev–Trinajstić information content (AvgIpc) is 3.03. The topological polar surface area (TPSA) is 37.4 Å². The molecule has 0 amide bonds. The van der Waals surface area contributed by atoms with Crippen molar-refractivity contribution in [3.05, 3.63) is 18.3 Å². The standard InChI is InChI=1S/C14H21N3O/c1-11-12(6-10-18-11)16-13-5-4-7-15-14(13)17-8-2-3-9-17/h4-5,7,11-12,16H,2-3,6,8-10H2,1H3. The van der Waals surface area contributed by atoms with Crippen LogP contribution < -0.4 is 10.2 Å². The molecule has 2 atom stereocenters. The number of nitrogens with zero attached hydrogens (tertiary/aromatic N) is 2. The Morgan fingerprint density at radius 2 is 2.22 bits per heavy atom. The first-order chi connectivity index (χ1) is 8.84. The summed E-state index contributed by atoms with van der Waals surface area (Å²) in [6.45, 7) is 5.25. The number of nitrogens with one attached hydrogen (secondary N) is 1. The molecule has 2 aliphatic heterocycles. The van der Waals surface area contributed by atoms with Crippen molar-refractivity contribution >= 4 is 11.5 Å². The van der Waals surface area contributed by atoms with Crippen molar-refractivity contribution in [3.8, 4) is 0 Å². The summed E-state index contributed by atoms with van der Waals surface area (Å²) in [5.74, 6) is 1.11. The third kappa shape index (κ3) is 2.29. The van der Waals surface area contributed by atoms with Crippen molar-refractivity contribution in [2.45, 2.75) is 38.3 Å². The molecule has 4 nitrogen and oxygen atoms in total. The van der Waals surface area contributed by atoms with Crippen LogP contribution in [0.2, 0.25) is 0 Å². The molecule has 0 saturated carbocycles. The van der Waals surface area contributed by atoms with Gasteiger partial charge in [0.1, 0.15) is 0 Å². The third-order valence-corrected chi connectivity index (χ3v) is 3.91. The van der Waals surface area contributed by atoms with Crippen molar-refractivity contribution in [3.63, 3.8) is 0 Å². The molecule has 2 unspecified atom stereocenters. The van der Waals surface area contributed by atoms with Gasteiger partial charge in [0, 0.05) is 25.9 Å². The molecular weight excluding hydrogens is 226 g/mol. The van der Waals surface area contributed by atoms with E-state index in [1.165, 1.54) is 12.8 Å². The molecule has 4 heteroatoms. The number of aromatic nitrogens is 1. The van der Waals surface area contributed by atoms with Gasteiger partial charge < -0.3 is 15.0 Å². The monoisotopic (exact) mass is 247 g/mol. The zero-order chi connectivity index (χ0) is 12.4. The van der Waals surface area contributed by atoms with E-state index in [2.05, 4.69) is 28.2 Å². The molecule has 0 bridgehead atoms. The maximum Gasteiger partial charge on any atom is 0.151 e. The summed E-state index contributed by atoms with van der Waals surface area (Å²) in [6, 6.07) is 4.55. The first-order valence-electron chi connectivity index (χ1n) is 6.93. The molecule has 0 aliphatic carbocycles. The smallest absolute Gasteiger partial charge is 0.151 e. The highest BCUT2D eigenvalue weighted by Crippen LogP contribution is 2.28. The van der Waals surface area contributed by atoms with Crippen LogP contribution in [0.3, 0.4) is 0 Å². The van der Waals surface area contributed by atoms with Crippen LogP contribution in [-0.2, 0) is 4.74 Å². The number of rotatable bonds is 3. The molecule has 18 heavy (non-hydrogen) atoms. The van der Waals surface area contributed by atoms with Crippen molar-refractivity contribution in [1.82, 2.24) is 4.98 Å². The van der Waals surface area contributed by atoms with Crippen LogP contribution in [0.1, 0.15) is 26.2 Å². The number of ether oxygens (including phenoxy) is 1. The lowest BCUT2D eigenvalue weighted by molar-refractivity contribution is 0.121. The van der Waals surface area contributed by atoms with Crippen molar-refractivity contribution in [2.75, 3.05) is 29.9 Å². The first-order valence-corrected chi connectivity index (χ1v) is 6.93. The van der Waals surface area contributed by atoms with Crippen LogP contribution in [0.5, 0.6) is 0 Å². The van der Waals surface area contributed by atoms with E-state index in [0.29, 0.717) is 6.04 Å². The van der Waals surface area contributed by atoms with Crippen molar-refractivity contribution < 1.29 is 4.74 Å². The van der Waals surface area contributed by atoms with Crippen LogP contribution in [0.15, 0.2) is 18.3 Å². The fraction of sp³-hybridized carbons (Fsp3) is 0.643. The predicted molar refractivity (Wildman–Crippen MR) is 73.1 cm³/mol. The molecule has 3 rings (SSSR count). The van der Waals surface area contributed by atoms with E-state index in [1.54, 1.807) is 0 Å². The van der Waals surface area contributed by atoms with Gasteiger partial charge in [-0.25, -0.2) is 4.98 Å². The van der Waals surface area contributed by atoms with Gasteiger partial charge >= 0.3 is 0 Å². The molecule has 1 aromatic rings. The molecule has 2 aliphatic rings. The predicted octanol–water partition coefficient (Wildman–Crippen LogP) is 2.27. The van der Waals surface area contributed by atoms with Gasteiger partial charge in [0.15, 0.2) is 5.82 Å². The lowest BCUT2D eigenvalue weighted by Crippen LogP contribution is -2.28. The Labute approximate surface area is 108 Å². The van der Waals surface area contributed by atoms with Crippen LogP contribution in [-0.4, -0.2) is 36.8 Å². The SMILES string of the molecule is CC1OCCC1Nc1cccnc1N1CCCC1. The lowest BCUT2D eigenvalue weighted by atomic mass is 10.1. The fourth-order valence-corrected chi connectivity index (χ4v) is 2.81. The maximum absolute atomic E-state index is 5.61. The van der Waals surface area contributed by atoms with E-state index >= 15 is 0 Å². The number of anilines is 2. The summed E-state index contributed by atoms with van der Waals surface area (Å²) in [4.78, 5) is 6.93. The molecule has 98 valence electrons. The lowest BCUT2D eigenvalue weighted by Gasteiger charge is -2.23. The zero-order valence-electron chi connectivity index (χ0n) is 10.9. The Balaban J connectivity index is 1.78.